The Morgan fingerprint density at radius 2 is 1.96 bits per heavy atom. The molecule has 0 aliphatic rings. The summed E-state index contributed by atoms with van der Waals surface area (Å²) in [5.74, 6) is 1.49. The molecule has 0 aliphatic carbocycles. The SMILES string of the molecule is Cc1ccc([C@@H](C)NC(=O)NCCCN(C(C)C)S(C)(=O)=O)o1. The summed E-state index contributed by atoms with van der Waals surface area (Å²) in [6.45, 7) is 8.11. The predicted octanol–water partition coefficient (Wildman–Crippen LogP) is 2.01. The van der Waals surface area contributed by atoms with Crippen LogP contribution in [-0.4, -0.2) is 44.1 Å². The fourth-order valence-corrected chi connectivity index (χ4v) is 3.48. The molecule has 0 unspecified atom stereocenters. The van der Waals surface area contributed by atoms with Crippen LogP contribution in [0, 0.1) is 6.92 Å². The highest BCUT2D eigenvalue weighted by Crippen LogP contribution is 2.15. The topological polar surface area (TPSA) is 91.7 Å². The number of amides is 2. The van der Waals surface area contributed by atoms with Crippen molar-refractivity contribution >= 4 is 16.1 Å². The normalized spacial score (nSPS) is 13.3. The van der Waals surface area contributed by atoms with Gasteiger partial charge in [-0.05, 0) is 46.2 Å². The van der Waals surface area contributed by atoms with Crippen LogP contribution in [-0.2, 0) is 10.0 Å². The van der Waals surface area contributed by atoms with E-state index < -0.39 is 10.0 Å². The van der Waals surface area contributed by atoms with Crippen LogP contribution in [0.2, 0.25) is 0 Å². The van der Waals surface area contributed by atoms with Crippen LogP contribution < -0.4 is 10.6 Å². The molecule has 1 atom stereocenters. The lowest BCUT2D eigenvalue weighted by molar-refractivity contribution is 0.235. The van der Waals surface area contributed by atoms with Crippen molar-refractivity contribution in [2.45, 2.75) is 46.2 Å². The van der Waals surface area contributed by atoms with Crippen molar-refractivity contribution in [3.8, 4) is 0 Å². The molecule has 0 spiro atoms. The van der Waals surface area contributed by atoms with Crippen molar-refractivity contribution in [3.05, 3.63) is 23.7 Å². The van der Waals surface area contributed by atoms with Gasteiger partial charge in [-0.15, -0.1) is 0 Å². The number of hydrogen-bond donors (Lipinski definition) is 2. The van der Waals surface area contributed by atoms with E-state index in [0.717, 1.165) is 5.76 Å². The van der Waals surface area contributed by atoms with E-state index >= 15 is 0 Å². The number of carbonyl (C=O) groups is 1. The zero-order chi connectivity index (χ0) is 17.6. The first kappa shape index (κ1) is 19.5. The Balaban J connectivity index is 2.34. The summed E-state index contributed by atoms with van der Waals surface area (Å²) >= 11 is 0. The van der Waals surface area contributed by atoms with Crippen molar-refractivity contribution in [1.82, 2.24) is 14.9 Å². The maximum Gasteiger partial charge on any atom is 0.315 e. The Kier molecular flexibility index (Phi) is 7.08. The molecule has 0 saturated heterocycles. The summed E-state index contributed by atoms with van der Waals surface area (Å²) in [6, 6.07) is 3.04. The summed E-state index contributed by atoms with van der Waals surface area (Å²) in [5.41, 5.74) is 0. The van der Waals surface area contributed by atoms with Gasteiger partial charge in [-0.25, -0.2) is 13.2 Å². The average Bonchev–Trinajstić information content (AvgIpc) is 2.83. The second-order valence-electron chi connectivity index (χ2n) is 5.89. The van der Waals surface area contributed by atoms with E-state index in [4.69, 9.17) is 4.42 Å². The zero-order valence-corrected chi connectivity index (χ0v) is 15.2. The maximum atomic E-state index is 11.8. The third kappa shape index (κ3) is 6.62. The van der Waals surface area contributed by atoms with Crippen molar-refractivity contribution in [3.63, 3.8) is 0 Å². The summed E-state index contributed by atoms with van der Waals surface area (Å²) in [5, 5.41) is 5.50. The lowest BCUT2D eigenvalue weighted by Crippen LogP contribution is -2.40. The highest BCUT2D eigenvalue weighted by Gasteiger charge is 2.19. The lowest BCUT2D eigenvalue weighted by atomic mass is 10.2. The Morgan fingerprint density at radius 3 is 2.43 bits per heavy atom. The molecule has 0 aliphatic heterocycles. The second-order valence-corrected chi connectivity index (χ2v) is 7.83. The average molecular weight is 345 g/mol. The Morgan fingerprint density at radius 1 is 1.30 bits per heavy atom. The second kappa shape index (κ2) is 8.35. The van der Waals surface area contributed by atoms with Crippen LogP contribution in [0.3, 0.4) is 0 Å². The van der Waals surface area contributed by atoms with Gasteiger partial charge in [0, 0.05) is 19.1 Å². The molecule has 1 rings (SSSR count). The number of nitrogens with one attached hydrogen (secondary N) is 2. The standard InChI is InChI=1S/C15H27N3O4S/c1-11(2)18(23(5,20)21)10-6-9-16-15(19)17-13(4)14-8-7-12(3)22-14/h7-8,11,13H,6,9-10H2,1-5H3,(H2,16,17,19)/t13-/m1/s1. The quantitative estimate of drug-likeness (QED) is 0.705. The van der Waals surface area contributed by atoms with Crippen molar-refractivity contribution in [2.24, 2.45) is 0 Å². The van der Waals surface area contributed by atoms with Crippen LogP contribution in [0.1, 0.15) is 44.8 Å². The first-order valence-corrected chi connectivity index (χ1v) is 9.53. The van der Waals surface area contributed by atoms with Gasteiger partial charge in [-0.2, -0.15) is 4.31 Å². The van der Waals surface area contributed by atoms with E-state index in [9.17, 15) is 13.2 Å². The van der Waals surface area contributed by atoms with Crippen LogP contribution in [0.15, 0.2) is 16.5 Å². The molecule has 1 aromatic heterocycles. The van der Waals surface area contributed by atoms with Gasteiger partial charge in [0.1, 0.15) is 11.5 Å². The third-order valence-electron chi connectivity index (χ3n) is 3.38. The van der Waals surface area contributed by atoms with E-state index in [-0.39, 0.29) is 18.1 Å². The van der Waals surface area contributed by atoms with Gasteiger partial charge < -0.3 is 15.1 Å². The monoisotopic (exact) mass is 345 g/mol. The summed E-state index contributed by atoms with van der Waals surface area (Å²) < 4.78 is 30.1. The first-order chi connectivity index (χ1) is 10.6. The fourth-order valence-electron chi connectivity index (χ4n) is 2.25. The van der Waals surface area contributed by atoms with Gasteiger partial charge in [-0.3, -0.25) is 0 Å². The van der Waals surface area contributed by atoms with E-state index in [1.807, 2.05) is 39.8 Å². The van der Waals surface area contributed by atoms with Gasteiger partial charge in [0.15, 0.2) is 0 Å². The summed E-state index contributed by atoms with van der Waals surface area (Å²) in [7, 11) is -3.22. The molecular weight excluding hydrogens is 318 g/mol. The number of hydrogen-bond acceptors (Lipinski definition) is 4. The number of urea groups is 1. The van der Waals surface area contributed by atoms with Crippen molar-refractivity contribution < 1.29 is 17.6 Å². The number of rotatable bonds is 8. The molecule has 2 amide bonds. The van der Waals surface area contributed by atoms with Gasteiger partial charge >= 0.3 is 6.03 Å². The molecule has 2 N–H and O–H groups in total. The van der Waals surface area contributed by atoms with Gasteiger partial charge in [0.2, 0.25) is 10.0 Å². The van der Waals surface area contributed by atoms with E-state index in [2.05, 4.69) is 10.6 Å². The fraction of sp³-hybridized carbons (Fsp3) is 0.667. The largest absolute Gasteiger partial charge is 0.464 e. The van der Waals surface area contributed by atoms with Crippen LogP contribution in [0.5, 0.6) is 0 Å². The molecule has 0 radical (unpaired) electrons. The first-order valence-electron chi connectivity index (χ1n) is 7.68. The molecule has 8 heteroatoms. The Hall–Kier alpha value is -1.54. The minimum absolute atomic E-state index is 0.0963. The van der Waals surface area contributed by atoms with Crippen LogP contribution in [0.4, 0.5) is 4.79 Å². The number of carbonyl (C=O) groups excluding carboxylic acids is 1. The molecule has 0 aromatic carbocycles. The zero-order valence-electron chi connectivity index (χ0n) is 14.4. The van der Waals surface area contributed by atoms with E-state index in [1.165, 1.54) is 10.6 Å². The van der Waals surface area contributed by atoms with Gasteiger partial charge in [0.05, 0.1) is 12.3 Å². The highest BCUT2D eigenvalue weighted by molar-refractivity contribution is 7.88. The molecule has 7 nitrogen and oxygen atoms in total. The van der Waals surface area contributed by atoms with Gasteiger partial charge in [-0.1, -0.05) is 0 Å². The van der Waals surface area contributed by atoms with Crippen molar-refractivity contribution in [2.75, 3.05) is 19.3 Å². The predicted molar refractivity (Wildman–Crippen MR) is 89.7 cm³/mol. The molecule has 1 heterocycles. The molecule has 132 valence electrons. The van der Waals surface area contributed by atoms with E-state index in [0.29, 0.717) is 25.3 Å². The van der Waals surface area contributed by atoms with Crippen LogP contribution >= 0.6 is 0 Å². The lowest BCUT2D eigenvalue weighted by Gasteiger charge is -2.23. The van der Waals surface area contributed by atoms with E-state index in [1.54, 1.807) is 0 Å². The number of furan rings is 1. The molecule has 0 fully saturated rings. The van der Waals surface area contributed by atoms with Gasteiger partial charge in [0.25, 0.3) is 0 Å². The minimum Gasteiger partial charge on any atom is -0.464 e. The Labute approximate surface area is 138 Å². The molecule has 1 aromatic rings. The van der Waals surface area contributed by atoms with Crippen molar-refractivity contribution in [1.29, 1.82) is 0 Å². The minimum atomic E-state index is -3.22. The maximum absolute atomic E-state index is 11.8. The molecule has 23 heavy (non-hydrogen) atoms. The molecule has 0 saturated carbocycles. The molecule has 0 bridgehead atoms. The summed E-state index contributed by atoms with van der Waals surface area (Å²) in [4.78, 5) is 11.8. The Bertz CT molecular complexity index is 610. The van der Waals surface area contributed by atoms with Crippen LogP contribution in [0.25, 0.3) is 0 Å². The third-order valence-corrected chi connectivity index (χ3v) is 4.83. The molecular formula is C15H27N3O4S. The smallest absolute Gasteiger partial charge is 0.315 e. The number of sulfonamides is 1. The number of nitrogens with zero attached hydrogens (tertiary/aromatic N) is 1. The highest BCUT2D eigenvalue weighted by atomic mass is 32.2. The number of aryl methyl sites for hydroxylation is 1. The summed E-state index contributed by atoms with van der Waals surface area (Å²) in [6.07, 6.45) is 1.74.